The summed E-state index contributed by atoms with van der Waals surface area (Å²) in [6, 6.07) is 21.1. The minimum Gasteiger partial charge on any atom is -0.326 e. The van der Waals surface area contributed by atoms with Crippen LogP contribution in [0.2, 0.25) is 0 Å². The molecule has 164 valence electrons. The Hall–Kier alpha value is -3.91. The van der Waals surface area contributed by atoms with Crippen molar-refractivity contribution in [2.75, 3.05) is 21.5 Å². The summed E-state index contributed by atoms with van der Waals surface area (Å²) in [4.78, 5) is 23.8. The van der Waals surface area contributed by atoms with Crippen molar-refractivity contribution in [3.8, 4) is 0 Å². The van der Waals surface area contributed by atoms with Crippen molar-refractivity contribution in [1.29, 1.82) is 0 Å². The summed E-state index contributed by atoms with van der Waals surface area (Å²) >= 11 is 0. The molecule has 3 rings (SSSR count). The van der Waals surface area contributed by atoms with E-state index in [9.17, 15) is 18.0 Å². The van der Waals surface area contributed by atoms with Crippen LogP contribution in [0.1, 0.15) is 17.3 Å². The zero-order chi connectivity index (χ0) is 23.1. The van der Waals surface area contributed by atoms with E-state index >= 15 is 0 Å². The van der Waals surface area contributed by atoms with Crippen molar-refractivity contribution in [1.82, 2.24) is 0 Å². The normalized spacial score (nSPS) is 10.8. The number of hydrogen-bond donors (Lipinski definition) is 2. The van der Waals surface area contributed by atoms with Gasteiger partial charge in [0.1, 0.15) is 0 Å². The lowest BCUT2D eigenvalue weighted by Gasteiger charge is -2.23. The topological polar surface area (TPSA) is 95.6 Å². The molecule has 0 unspecified atom stereocenters. The van der Waals surface area contributed by atoms with Crippen LogP contribution in [0.4, 0.5) is 17.1 Å². The zero-order valence-electron chi connectivity index (χ0n) is 17.5. The number of rotatable bonds is 8. The molecule has 0 bridgehead atoms. The van der Waals surface area contributed by atoms with E-state index in [4.69, 9.17) is 0 Å². The number of nitrogens with zero attached hydrogens (tertiary/aromatic N) is 1. The van der Waals surface area contributed by atoms with E-state index in [2.05, 4.69) is 17.2 Å². The number of carbonyl (C=O) groups is 2. The van der Waals surface area contributed by atoms with Crippen LogP contribution in [0.25, 0.3) is 0 Å². The maximum Gasteiger partial charge on any atom is 0.264 e. The van der Waals surface area contributed by atoms with Gasteiger partial charge in [-0.2, -0.15) is 0 Å². The number of amides is 2. The van der Waals surface area contributed by atoms with Gasteiger partial charge in [-0.3, -0.25) is 13.9 Å². The first-order valence-corrected chi connectivity index (χ1v) is 11.2. The Balaban J connectivity index is 1.77. The number of hydrogen-bond acceptors (Lipinski definition) is 4. The fraction of sp³-hybridized carbons (Fsp3) is 0.0833. The molecule has 0 aliphatic rings. The highest BCUT2D eigenvalue weighted by atomic mass is 32.2. The zero-order valence-corrected chi connectivity index (χ0v) is 18.3. The van der Waals surface area contributed by atoms with Crippen molar-refractivity contribution in [3.05, 3.63) is 97.1 Å². The Kier molecular flexibility index (Phi) is 7.07. The highest BCUT2D eigenvalue weighted by Gasteiger charge is 2.24. The molecule has 8 heteroatoms. The van der Waals surface area contributed by atoms with Crippen molar-refractivity contribution in [3.63, 3.8) is 0 Å². The largest absolute Gasteiger partial charge is 0.326 e. The molecular weight excluding hydrogens is 426 g/mol. The van der Waals surface area contributed by atoms with Crippen molar-refractivity contribution >= 4 is 38.9 Å². The molecular formula is C24H23N3O4S. The molecule has 0 heterocycles. The van der Waals surface area contributed by atoms with Crippen molar-refractivity contribution < 1.29 is 18.0 Å². The van der Waals surface area contributed by atoms with Crippen LogP contribution >= 0.6 is 0 Å². The Morgan fingerprint density at radius 2 is 1.44 bits per heavy atom. The molecule has 0 spiro atoms. The van der Waals surface area contributed by atoms with Gasteiger partial charge in [-0.05, 0) is 60.7 Å². The maximum atomic E-state index is 13.0. The van der Waals surface area contributed by atoms with Crippen LogP contribution in [-0.2, 0) is 14.8 Å². The molecule has 0 saturated carbocycles. The van der Waals surface area contributed by atoms with Gasteiger partial charge in [0.05, 0.1) is 17.1 Å². The van der Waals surface area contributed by atoms with Gasteiger partial charge in [0, 0.05) is 23.9 Å². The van der Waals surface area contributed by atoms with E-state index < -0.39 is 10.0 Å². The molecule has 2 N–H and O–H groups in total. The number of anilines is 3. The first-order valence-electron chi connectivity index (χ1n) is 9.79. The predicted octanol–water partition coefficient (Wildman–Crippen LogP) is 4.28. The Labute approximate surface area is 187 Å². The number of nitrogens with one attached hydrogen (secondary N) is 2. The lowest BCUT2D eigenvalue weighted by atomic mass is 10.2. The van der Waals surface area contributed by atoms with Gasteiger partial charge < -0.3 is 10.6 Å². The molecule has 0 aliphatic carbocycles. The second-order valence-corrected chi connectivity index (χ2v) is 8.76. The average Bonchev–Trinajstić information content (AvgIpc) is 2.79. The molecule has 3 aromatic rings. The molecule has 2 amide bonds. The van der Waals surface area contributed by atoms with Crippen LogP contribution in [0.5, 0.6) is 0 Å². The molecule has 0 atom stereocenters. The number of sulfonamides is 1. The summed E-state index contributed by atoms with van der Waals surface area (Å²) in [5.74, 6) is -0.522. The third kappa shape index (κ3) is 5.41. The predicted molar refractivity (Wildman–Crippen MR) is 126 cm³/mol. The van der Waals surface area contributed by atoms with E-state index in [1.807, 2.05) is 0 Å². The number of carbonyl (C=O) groups excluding carboxylic acids is 2. The third-order valence-corrected chi connectivity index (χ3v) is 6.31. The Bertz CT molecular complexity index is 1210. The fourth-order valence-corrected chi connectivity index (χ4v) is 4.46. The van der Waals surface area contributed by atoms with E-state index in [1.54, 1.807) is 66.7 Å². The molecule has 3 aromatic carbocycles. The first-order chi connectivity index (χ1) is 15.3. The molecule has 0 fully saturated rings. The summed E-state index contributed by atoms with van der Waals surface area (Å²) in [5, 5.41) is 5.42. The maximum absolute atomic E-state index is 13.0. The summed E-state index contributed by atoms with van der Waals surface area (Å²) in [6.45, 7) is 5.16. The highest BCUT2D eigenvalue weighted by Crippen LogP contribution is 2.24. The smallest absolute Gasteiger partial charge is 0.264 e. The fourth-order valence-electron chi connectivity index (χ4n) is 3.00. The van der Waals surface area contributed by atoms with Gasteiger partial charge in [-0.1, -0.05) is 24.3 Å². The molecule has 0 saturated heterocycles. The second-order valence-electron chi connectivity index (χ2n) is 6.90. The van der Waals surface area contributed by atoms with Crippen LogP contribution < -0.4 is 14.9 Å². The van der Waals surface area contributed by atoms with Gasteiger partial charge in [-0.15, -0.1) is 6.58 Å². The summed E-state index contributed by atoms with van der Waals surface area (Å²) < 4.78 is 27.3. The molecule has 32 heavy (non-hydrogen) atoms. The lowest BCUT2D eigenvalue weighted by Crippen LogP contribution is -2.31. The van der Waals surface area contributed by atoms with E-state index in [1.165, 1.54) is 29.4 Å². The van der Waals surface area contributed by atoms with Gasteiger partial charge in [0.2, 0.25) is 5.91 Å². The van der Waals surface area contributed by atoms with Gasteiger partial charge >= 0.3 is 0 Å². The first kappa shape index (κ1) is 22.8. The molecule has 0 aliphatic heterocycles. The van der Waals surface area contributed by atoms with Gasteiger partial charge in [-0.25, -0.2) is 8.42 Å². The Morgan fingerprint density at radius 3 is 1.97 bits per heavy atom. The molecule has 0 radical (unpaired) electrons. The lowest BCUT2D eigenvalue weighted by molar-refractivity contribution is -0.114. The standard InChI is InChI=1S/C24H23N3O4S/c1-3-17-27(32(30,31)23-7-5-4-6-8-23)22-15-9-19(10-16-22)24(29)26-21-13-11-20(12-14-21)25-18(2)28/h3-16H,1,17H2,2H3,(H,25,28)(H,26,29). The molecule has 7 nitrogen and oxygen atoms in total. The summed E-state index contributed by atoms with van der Waals surface area (Å²) in [7, 11) is -3.78. The summed E-state index contributed by atoms with van der Waals surface area (Å²) in [6.07, 6.45) is 1.51. The number of benzene rings is 3. The van der Waals surface area contributed by atoms with Crippen LogP contribution in [0.15, 0.2) is 96.4 Å². The average molecular weight is 450 g/mol. The van der Waals surface area contributed by atoms with Gasteiger partial charge in [0.25, 0.3) is 15.9 Å². The van der Waals surface area contributed by atoms with Crippen molar-refractivity contribution in [2.45, 2.75) is 11.8 Å². The second kappa shape index (κ2) is 9.93. The SMILES string of the molecule is C=CCN(c1ccc(C(=O)Nc2ccc(NC(C)=O)cc2)cc1)S(=O)(=O)c1ccccc1. The van der Waals surface area contributed by atoms with Gasteiger partial charge in [0.15, 0.2) is 0 Å². The van der Waals surface area contributed by atoms with Crippen LogP contribution in [0, 0.1) is 0 Å². The third-order valence-electron chi connectivity index (χ3n) is 4.51. The highest BCUT2D eigenvalue weighted by molar-refractivity contribution is 7.92. The minimum atomic E-state index is -3.78. The minimum absolute atomic E-state index is 0.0867. The quantitative estimate of drug-likeness (QED) is 0.502. The van der Waals surface area contributed by atoms with E-state index in [0.717, 1.165) is 0 Å². The van der Waals surface area contributed by atoms with Crippen molar-refractivity contribution in [2.24, 2.45) is 0 Å². The Morgan fingerprint density at radius 1 is 0.875 bits per heavy atom. The monoisotopic (exact) mass is 449 g/mol. The molecule has 0 aromatic heterocycles. The van der Waals surface area contributed by atoms with Crippen LogP contribution in [0.3, 0.4) is 0 Å². The van der Waals surface area contributed by atoms with E-state index in [-0.39, 0.29) is 23.3 Å². The van der Waals surface area contributed by atoms with E-state index in [0.29, 0.717) is 22.6 Å². The van der Waals surface area contributed by atoms with Crippen LogP contribution in [-0.4, -0.2) is 26.8 Å². The summed E-state index contributed by atoms with van der Waals surface area (Å²) in [5.41, 5.74) is 1.98.